The number of nitriles is 1. The molecule has 1 amide bonds. The van der Waals surface area contributed by atoms with Gasteiger partial charge in [0.1, 0.15) is 11.8 Å². The van der Waals surface area contributed by atoms with Gasteiger partial charge in [0, 0.05) is 12.2 Å². The summed E-state index contributed by atoms with van der Waals surface area (Å²) in [5.41, 5.74) is 0.842. The van der Waals surface area contributed by atoms with E-state index >= 15 is 0 Å². The molecule has 0 spiro atoms. The van der Waals surface area contributed by atoms with Crippen LogP contribution in [-0.2, 0) is 0 Å². The number of rotatable bonds is 3. The van der Waals surface area contributed by atoms with Crippen LogP contribution in [-0.4, -0.2) is 16.9 Å². The molecule has 0 radical (unpaired) electrons. The van der Waals surface area contributed by atoms with Crippen molar-refractivity contribution < 1.29 is 4.79 Å². The van der Waals surface area contributed by atoms with Gasteiger partial charge in [0.2, 0.25) is 0 Å². The van der Waals surface area contributed by atoms with Gasteiger partial charge in [-0.1, -0.05) is 12.8 Å². The normalized spacial score (nSPS) is 17.1. The van der Waals surface area contributed by atoms with Crippen molar-refractivity contribution in [2.45, 2.75) is 38.6 Å². The molecule has 1 aliphatic rings. The van der Waals surface area contributed by atoms with Crippen LogP contribution >= 0.6 is 0 Å². The Morgan fingerprint density at radius 3 is 2.78 bits per heavy atom. The third-order valence-corrected chi connectivity index (χ3v) is 3.59. The van der Waals surface area contributed by atoms with E-state index < -0.39 is 0 Å². The smallest absolute Gasteiger partial charge is 0.270 e. The van der Waals surface area contributed by atoms with E-state index in [1.807, 2.05) is 6.07 Å². The molecule has 1 N–H and O–H groups in total. The zero-order valence-electron chi connectivity index (χ0n) is 10.5. The molecule has 0 aromatic carbocycles. The highest BCUT2D eigenvalue weighted by Gasteiger charge is 2.23. The highest BCUT2D eigenvalue weighted by atomic mass is 16.1. The number of hydrogen-bond donors (Lipinski definition) is 1. The topological polar surface area (TPSA) is 65.8 Å². The first-order valence-corrected chi connectivity index (χ1v) is 6.37. The molecule has 0 bridgehead atoms. The molecule has 1 aromatic rings. The number of aromatic nitrogens is 1. The highest BCUT2D eigenvalue weighted by Crippen LogP contribution is 2.27. The molecule has 1 atom stereocenters. The van der Waals surface area contributed by atoms with Crippen molar-refractivity contribution in [3.8, 4) is 6.07 Å². The summed E-state index contributed by atoms with van der Waals surface area (Å²) < 4.78 is 0. The van der Waals surface area contributed by atoms with E-state index in [0.29, 0.717) is 17.2 Å². The Morgan fingerprint density at radius 1 is 1.50 bits per heavy atom. The van der Waals surface area contributed by atoms with Gasteiger partial charge in [0.25, 0.3) is 5.91 Å². The maximum Gasteiger partial charge on any atom is 0.270 e. The predicted octanol–water partition coefficient (Wildman–Crippen LogP) is 2.26. The maximum atomic E-state index is 12.0. The van der Waals surface area contributed by atoms with Crippen LogP contribution in [0.4, 0.5) is 0 Å². The van der Waals surface area contributed by atoms with Crippen molar-refractivity contribution in [3.63, 3.8) is 0 Å². The molecule has 4 heteroatoms. The van der Waals surface area contributed by atoms with Gasteiger partial charge >= 0.3 is 0 Å². The van der Waals surface area contributed by atoms with E-state index in [2.05, 4.69) is 17.2 Å². The van der Waals surface area contributed by atoms with Gasteiger partial charge in [0.05, 0.1) is 5.56 Å². The summed E-state index contributed by atoms with van der Waals surface area (Å²) >= 11 is 0. The molecule has 1 heterocycles. The number of carbonyl (C=O) groups is 1. The number of nitrogens with zero attached hydrogens (tertiary/aromatic N) is 2. The third-order valence-electron chi connectivity index (χ3n) is 3.59. The Hall–Kier alpha value is -1.89. The molecular formula is C14H17N3O. The molecule has 1 aromatic heterocycles. The van der Waals surface area contributed by atoms with Gasteiger partial charge in [-0.25, -0.2) is 4.98 Å². The van der Waals surface area contributed by atoms with E-state index in [9.17, 15) is 4.79 Å². The monoisotopic (exact) mass is 243 g/mol. The van der Waals surface area contributed by atoms with E-state index in [1.54, 1.807) is 12.1 Å². The molecule has 0 aliphatic heterocycles. The fourth-order valence-corrected chi connectivity index (χ4v) is 2.45. The van der Waals surface area contributed by atoms with Crippen molar-refractivity contribution in [1.29, 1.82) is 5.26 Å². The molecular weight excluding hydrogens is 226 g/mol. The number of carbonyl (C=O) groups excluding carboxylic acids is 1. The third kappa shape index (κ3) is 2.86. The highest BCUT2D eigenvalue weighted by molar-refractivity contribution is 5.92. The molecule has 94 valence electrons. The van der Waals surface area contributed by atoms with Crippen molar-refractivity contribution in [2.24, 2.45) is 5.92 Å². The molecule has 18 heavy (non-hydrogen) atoms. The minimum atomic E-state index is -0.154. The number of hydrogen-bond acceptors (Lipinski definition) is 3. The van der Waals surface area contributed by atoms with E-state index in [4.69, 9.17) is 5.26 Å². The molecule has 1 unspecified atom stereocenters. The van der Waals surface area contributed by atoms with Crippen LogP contribution in [0.2, 0.25) is 0 Å². The van der Waals surface area contributed by atoms with Crippen molar-refractivity contribution in [3.05, 3.63) is 29.6 Å². The minimum absolute atomic E-state index is 0.154. The fourth-order valence-electron chi connectivity index (χ4n) is 2.45. The summed E-state index contributed by atoms with van der Waals surface area (Å²) in [6, 6.07) is 5.38. The minimum Gasteiger partial charge on any atom is -0.348 e. The van der Waals surface area contributed by atoms with Gasteiger partial charge in [-0.3, -0.25) is 4.79 Å². The van der Waals surface area contributed by atoms with Crippen LogP contribution < -0.4 is 5.32 Å². The summed E-state index contributed by atoms with van der Waals surface area (Å²) in [5, 5.41) is 11.7. The Labute approximate surface area is 107 Å². The van der Waals surface area contributed by atoms with Crippen LogP contribution in [0.1, 0.15) is 48.7 Å². The predicted molar refractivity (Wildman–Crippen MR) is 67.8 cm³/mol. The molecule has 1 aliphatic carbocycles. The van der Waals surface area contributed by atoms with E-state index in [-0.39, 0.29) is 11.9 Å². The van der Waals surface area contributed by atoms with Gasteiger partial charge in [-0.2, -0.15) is 5.26 Å². The summed E-state index contributed by atoms with van der Waals surface area (Å²) in [6.45, 7) is 2.05. The lowest BCUT2D eigenvalue weighted by Crippen LogP contribution is -2.37. The van der Waals surface area contributed by atoms with Crippen LogP contribution in [0.5, 0.6) is 0 Å². The van der Waals surface area contributed by atoms with Gasteiger partial charge in [-0.15, -0.1) is 0 Å². The molecule has 1 fully saturated rings. The Kier molecular flexibility index (Phi) is 3.93. The quantitative estimate of drug-likeness (QED) is 0.885. The Bertz CT molecular complexity index is 455. The largest absolute Gasteiger partial charge is 0.348 e. The summed E-state index contributed by atoms with van der Waals surface area (Å²) in [5.74, 6) is 0.436. The first-order valence-electron chi connectivity index (χ1n) is 6.37. The second-order valence-corrected chi connectivity index (χ2v) is 4.85. The average molecular weight is 243 g/mol. The lowest BCUT2D eigenvalue weighted by atomic mass is 10.00. The second kappa shape index (κ2) is 5.63. The summed E-state index contributed by atoms with van der Waals surface area (Å²) in [6.07, 6.45) is 6.35. The Balaban J connectivity index is 1.96. The average Bonchev–Trinajstić information content (AvgIpc) is 2.92. The van der Waals surface area contributed by atoms with Crippen molar-refractivity contribution in [1.82, 2.24) is 10.3 Å². The van der Waals surface area contributed by atoms with Crippen LogP contribution in [0.3, 0.4) is 0 Å². The van der Waals surface area contributed by atoms with Crippen molar-refractivity contribution in [2.75, 3.05) is 0 Å². The molecule has 2 rings (SSSR count). The van der Waals surface area contributed by atoms with E-state index in [1.165, 1.54) is 31.9 Å². The SMILES string of the molecule is CC(NC(=O)c1ccc(C#N)cn1)C1CCCC1. The number of amides is 1. The zero-order chi connectivity index (χ0) is 13.0. The van der Waals surface area contributed by atoms with Crippen LogP contribution in [0, 0.1) is 17.2 Å². The Morgan fingerprint density at radius 2 is 2.22 bits per heavy atom. The lowest BCUT2D eigenvalue weighted by Gasteiger charge is -2.19. The first kappa shape index (κ1) is 12.6. The standard InChI is InChI=1S/C14H17N3O/c1-10(12-4-2-3-5-12)17-14(18)13-7-6-11(8-15)9-16-13/h6-7,9-10,12H,2-5H2,1H3,(H,17,18). The molecule has 4 nitrogen and oxygen atoms in total. The van der Waals surface area contributed by atoms with Gasteiger partial charge < -0.3 is 5.32 Å². The lowest BCUT2D eigenvalue weighted by molar-refractivity contribution is 0.0922. The van der Waals surface area contributed by atoms with E-state index in [0.717, 1.165) is 0 Å². The van der Waals surface area contributed by atoms with Crippen LogP contribution in [0.15, 0.2) is 18.3 Å². The number of pyridine rings is 1. The second-order valence-electron chi connectivity index (χ2n) is 4.85. The summed E-state index contributed by atoms with van der Waals surface area (Å²) in [4.78, 5) is 15.9. The van der Waals surface area contributed by atoms with Crippen LogP contribution in [0.25, 0.3) is 0 Å². The van der Waals surface area contributed by atoms with Crippen molar-refractivity contribution >= 4 is 5.91 Å². The first-order chi connectivity index (χ1) is 8.70. The maximum absolute atomic E-state index is 12.0. The zero-order valence-corrected chi connectivity index (χ0v) is 10.5. The van der Waals surface area contributed by atoms with Gasteiger partial charge in [-0.05, 0) is 37.8 Å². The fraction of sp³-hybridized carbons (Fsp3) is 0.500. The number of nitrogens with one attached hydrogen (secondary N) is 1. The molecule has 1 saturated carbocycles. The summed E-state index contributed by atoms with van der Waals surface area (Å²) in [7, 11) is 0. The molecule has 0 saturated heterocycles. The van der Waals surface area contributed by atoms with Gasteiger partial charge in [0.15, 0.2) is 0 Å².